The van der Waals surface area contributed by atoms with Crippen LogP contribution in [0.2, 0.25) is 0 Å². The summed E-state index contributed by atoms with van der Waals surface area (Å²) in [7, 11) is 0. The van der Waals surface area contributed by atoms with Gasteiger partial charge in [0.1, 0.15) is 0 Å². The van der Waals surface area contributed by atoms with Gasteiger partial charge in [0, 0.05) is 17.7 Å². The zero-order valence-electron chi connectivity index (χ0n) is 11.5. The van der Waals surface area contributed by atoms with Crippen LogP contribution >= 0.6 is 0 Å². The van der Waals surface area contributed by atoms with Crippen molar-refractivity contribution in [2.24, 2.45) is 0 Å². The summed E-state index contributed by atoms with van der Waals surface area (Å²) in [6, 6.07) is 11.1. The minimum Gasteiger partial charge on any atom is -0.415 e. The van der Waals surface area contributed by atoms with E-state index in [9.17, 15) is 25.0 Å². The van der Waals surface area contributed by atoms with Gasteiger partial charge in [-0.2, -0.15) is 0 Å². The van der Waals surface area contributed by atoms with Gasteiger partial charge in [-0.3, -0.25) is 20.2 Å². The third-order valence-corrected chi connectivity index (χ3v) is 3.34. The molecule has 114 valence electrons. The maximum Gasteiger partial charge on any atom is 0.344 e. The van der Waals surface area contributed by atoms with Crippen molar-refractivity contribution in [1.29, 1.82) is 0 Å². The van der Waals surface area contributed by atoms with Crippen LogP contribution in [0.4, 0.5) is 5.69 Å². The predicted molar refractivity (Wildman–Crippen MR) is 78.8 cm³/mol. The average molecular weight is 312 g/mol. The summed E-state index contributed by atoms with van der Waals surface area (Å²) in [6.45, 7) is 0. The standard InChI is InChI=1S/C15H8N2O6/c18-15-12-4-2-1-3-11(12)14(23-15)13(17(21)22)9-5-7-10(8-6-9)16(19)20/h1-8H/b14-13+. The number of cyclic esters (lactones) is 1. The number of nitrogens with zero attached hydrogens (tertiary/aromatic N) is 2. The van der Waals surface area contributed by atoms with E-state index in [0.29, 0.717) is 5.56 Å². The molecule has 0 N–H and O–H groups in total. The molecule has 8 nitrogen and oxygen atoms in total. The fourth-order valence-electron chi connectivity index (χ4n) is 2.30. The highest BCUT2D eigenvalue weighted by Gasteiger charge is 2.34. The van der Waals surface area contributed by atoms with Crippen molar-refractivity contribution < 1.29 is 19.4 Å². The molecule has 0 aliphatic carbocycles. The Kier molecular flexibility index (Phi) is 3.34. The molecule has 0 fully saturated rings. The lowest BCUT2D eigenvalue weighted by Gasteiger charge is -2.03. The summed E-state index contributed by atoms with van der Waals surface area (Å²) in [5, 5.41) is 22.1. The van der Waals surface area contributed by atoms with Crippen LogP contribution in [0.5, 0.6) is 0 Å². The second-order valence-corrected chi connectivity index (χ2v) is 4.67. The Morgan fingerprint density at radius 2 is 1.52 bits per heavy atom. The van der Waals surface area contributed by atoms with Crippen molar-refractivity contribution in [1.82, 2.24) is 0 Å². The zero-order chi connectivity index (χ0) is 16.6. The molecule has 2 aromatic rings. The van der Waals surface area contributed by atoms with Crippen LogP contribution in [-0.4, -0.2) is 15.8 Å². The van der Waals surface area contributed by atoms with Gasteiger partial charge in [0.25, 0.3) is 5.69 Å². The Balaban J connectivity index is 2.19. The minimum atomic E-state index is -0.675. The number of nitro benzene ring substituents is 1. The Morgan fingerprint density at radius 1 is 0.913 bits per heavy atom. The zero-order valence-corrected chi connectivity index (χ0v) is 11.5. The van der Waals surface area contributed by atoms with Gasteiger partial charge in [-0.25, -0.2) is 4.79 Å². The van der Waals surface area contributed by atoms with Gasteiger partial charge in [0.05, 0.1) is 21.0 Å². The maximum absolute atomic E-state index is 11.8. The van der Waals surface area contributed by atoms with Crippen LogP contribution in [0, 0.1) is 20.2 Å². The summed E-state index contributed by atoms with van der Waals surface area (Å²) in [5.74, 6) is -0.832. The van der Waals surface area contributed by atoms with Crippen LogP contribution in [-0.2, 0) is 4.74 Å². The Labute approximate surface area is 128 Å². The van der Waals surface area contributed by atoms with Crippen molar-refractivity contribution >= 4 is 23.1 Å². The van der Waals surface area contributed by atoms with Crippen LogP contribution in [0.3, 0.4) is 0 Å². The molecule has 0 amide bonds. The summed E-state index contributed by atoms with van der Waals surface area (Å²) >= 11 is 0. The first-order valence-corrected chi connectivity index (χ1v) is 6.44. The lowest BCUT2D eigenvalue weighted by Crippen LogP contribution is -2.03. The number of esters is 1. The highest BCUT2D eigenvalue weighted by atomic mass is 16.6. The highest BCUT2D eigenvalue weighted by molar-refractivity contribution is 6.06. The molecule has 1 aliphatic rings. The van der Waals surface area contributed by atoms with Gasteiger partial charge in [-0.05, 0) is 18.2 Å². The van der Waals surface area contributed by atoms with Crippen molar-refractivity contribution in [3.8, 4) is 0 Å². The molecule has 0 unspecified atom stereocenters. The number of ether oxygens (including phenoxy) is 1. The second kappa shape index (κ2) is 5.34. The van der Waals surface area contributed by atoms with E-state index in [4.69, 9.17) is 4.74 Å². The molecule has 0 bridgehead atoms. The third kappa shape index (κ3) is 2.42. The number of hydrogen-bond donors (Lipinski definition) is 0. The second-order valence-electron chi connectivity index (χ2n) is 4.67. The van der Waals surface area contributed by atoms with Crippen molar-refractivity contribution in [2.45, 2.75) is 0 Å². The Hall–Kier alpha value is -3.55. The largest absolute Gasteiger partial charge is 0.415 e. The summed E-state index contributed by atoms with van der Waals surface area (Å²) in [5.41, 5.74) is 0.0647. The number of carbonyl (C=O) groups excluding carboxylic acids is 1. The molecule has 3 rings (SSSR count). The topological polar surface area (TPSA) is 113 Å². The van der Waals surface area contributed by atoms with Gasteiger partial charge < -0.3 is 4.74 Å². The van der Waals surface area contributed by atoms with E-state index in [2.05, 4.69) is 0 Å². The number of benzene rings is 2. The molecule has 1 heterocycles. The van der Waals surface area contributed by atoms with Crippen LogP contribution in [0.25, 0.3) is 11.5 Å². The van der Waals surface area contributed by atoms with E-state index in [1.807, 2.05) is 0 Å². The number of non-ortho nitro benzene ring substituents is 1. The normalized spacial score (nSPS) is 14.9. The lowest BCUT2D eigenvalue weighted by atomic mass is 10.0. The minimum absolute atomic E-state index is 0.111. The van der Waals surface area contributed by atoms with Crippen molar-refractivity contribution in [3.63, 3.8) is 0 Å². The SMILES string of the molecule is O=C1O/C(=C(\c2ccc([N+](=O)[O-])cc2)[N+](=O)[O-])c2ccccc21. The smallest absolute Gasteiger partial charge is 0.344 e. The van der Waals surface area contributed by atoms with Crippen molar-refractivity contribution in [3.05, 3.63) is 85.4 Å². The number of hydrogen-bond acceptors (Lipinski definition) is 6. The van der Waals surface area contributed by atoms with E-state index in [1.165, 1.54) is 18.2 Å². The maximum atomic E-state index is 11.8. The molecule has 0 atom stereocenters. The number of carbonyl (C=O) groups is 1. The molecule has 0 saturated carbocycles. The van der Waals surface area contributed by atoms with Gasteiger partial charge in [0.2, 0.25) is 5.76 Å². The van der Waals surface area contributed by atoms with Crippen LogP contribution in [0.1, 0.15) is 21.5 Å². The van der Waals surface area contributed by atoms with E-state index in [1.54, 1.807) is 18.2 Å². The fraction of sp³-hybridized carbons (Fsp3) is 0. The van der Waals surface area contributed by atoms with Gasteiger partial charge >= 0.3 is 11.7 Å². The average Bonchev–Trinajstić information content (AvgIpc) is 2.85. The van der Waals surface area contributed by atoms with Crippen molar-refractivity contribution in [2.75, 3.05) is 0 Å². The Bertz CT molecular complexity index is 870. The van der Waals surface area contributed by atoms with Gasteiger partial charge in [-0.15, -0.1) is 0 Å². The molecule has 1 aliphatic heterocycles. The first kappa shape index (κ1) is 14.4. The summed E-state index contributed by atoms with van der Waals surface area (Å²) in [4.78, 5) is 32.6. The van der Waals surface area contributed by atoms with Crippen LogP contribution < -0.4 is 0 Å². The molecule has 0 spiro atoms. The summed E-state index contributed by atoms with van der Waals surface area (Å²) in [6.07, 6.45) is 0. The number of rotatable bonds is 3. The highest BCUT2D eigenvalue weighted by Crippen LogP contribution is 2.36. The third-order valence-electron chi connectivity index (χ3n) is 3.34. The van der Waals surface area contributed by atoms with Gasteiger partial charge in [-0.1, -0.05) is 18.2 Å². The predicted octanol–water partition coefficient (Wildman–Crippen LogP) is 2.87. The molecule has 0 radical (unpaired) electrons. The van der Waals surface area contributed by atoms with E-state index in [0.717, 1.165) is 12.1 Å². The quantitative estimate of drug-likeness (QED) is 0.489. The summed E-state index contributed by atoms with van der Waals surface area (Å²) < 4.78 is 5.05. The van der Waals surface area contributed by atoms with Crippen LogP contribution in [0.15, 0.2) is 48.5 Å². The number of nitro groups is 2. The van der Waals surface area contributed by atoms with Gasteiger partial charge in [0.15, 0.2) is 0 Å². The molecule has 0 aromatic heterocycles. The first-order valence-electron chi connectivity index (χ1n) is 6.44. The lowest BCUT2D eigenvalue weighted by molar-refractivity contribution is -0.385. The molecular formula is C15H8N2O6. The monoisotopic (exact) mass is 312 g/mol. The fourth-order valence-corrected chi connectivity index (χ4v) is 2.30. The first-order chi connectivity index (χ1) is 11.0. The molecule has 2 aromatic carbocycles. The molecular weight excluding hydrogens is 304 g/mol. The van der Waals surface area contributed by atoms with E-state index in [-0.39, 0.29) is 22.6 Å². The van der Waals surface area contributed by atoms with E-state index >= 15 is 0 Å². The Morgan fingerprint density at radius 3 is 2.09 bits per heavy atom. The molecule has 23 heavy (non-hydrogen) atoms. The number of fused-ring (bicyclic) bond motifs is 1. The van der Waals surface area contributed by atoms with E-state index < -0.39 is 21.5 Å². The molecule has 8 heteroatoms. The molecule has 0 saturated heterocycles.